The maximum Gasteiger partial charge on any atom is 0.332 e. The fourth-order valence-electron chi connectivity index (χ4n) is 3.99. The zero-order valence-electron chi connectivity index (χ0n) is 17.7. The predicted molar refractivity (Wildman–Crippen MR) is 124 cm³/mol. The molecule has 5 rings (SSSR count). The summed E-state index contributed by atoms with van der Waals surface area (Å²) in [5.41, 5.74) is 2.63. The van der Waals surface area contributed by atoms with Gasteiger partial charge in [0.25, 0.3) is 5.56 Å². The molecule has 8 nitrogen and oxygen atoms in total. The van der Waals surface area contributed by atoms with Crippen molar-refractivity contribution in [3.63, 3.8) is 0 Å². The molecule has 0 unspecified atom stereocenters. The van der Waals surface area contributed by atoms with Crippen LogP contribution in [0.5, 0.6) is 5.75 Å². The van der Waals surface area contributed by atoms with Crippen LogP contribution in [0.4, 0.5) is 0 Å². The second-order valence-corrected chi connectivity index (χ2v) is 8.00. The Balaban J connectivity index is 1.85. The Bertz CT molecular complexity index is 1610. The largest absolute Gasteiger partial charge is 0.495 e. The van der Waals surface area contributed by atoms with E-state index in [1.807, 2.05) is 53.2 Å². The van der Waals surface area contributed by atoms with E-state index in [4.69, 9.17) is 21.3 Å². The van der Waals surface area contributed by atoms with Crippen LogP contribution in [0.2, 0.25) is 5.02 Å². The van der Waals surface area contributed by atoms with Gasteiger partial charge in [0.2, 0.25) is 5.78 Å². The van der Waals surface area contributed by atoms with Crippen molar-refractivity contribution in [3.8, 4) is 17.0 Å². The fraction of sp³-hybridized carbons (Fsp3) is 0.174. The van der Waals surface area contributed by atoms with Crippen LogP contribution in [-0.2, 0) is 20.6 Å². The van der Waals surface area contributed by atoms with Gasteiger partial charge in [0.15, 0.2) is 11.2 Å². The Kier molecular flexibility index (Phi) is 4.67. The van der Waals surface area contributed by atoms with Crippen LogP contribution >= 0.6 is 11.6 Å². The molecule has 2 aromatic carbocycles. The molecule has 0 radical (unpaired) electrons. The standard InChI is InChI=1S/C23H20ClN5O3/c1-26-20-19(21(30)27(2)23(26)31)29-13-17(15-9-10-18(32-3)16(24)11-15)28(22(29)25-20)12-14-7-5-4-6-8-14/h4-11,13H,12H2,1-3H3. The minimum Gasteiger partial charge on any atom is -0.495 e. The molecule has 0 aliphatic heterocycles. The van der Waals surface area contributed by atoms with Crippen LogP contribution in [0.25, 0.3) is 28.2 Å². The van der Waals surface area contributed by atoms with Gasteiger partial charge in [-0.15, -0.1) is 0 Å². The molecule has 0 fully saturated rings. The molecular formula is C23H20ClN5O3. The molecule has 0 bridgehead atoms. The number of halogens is 1. The van der Waals surface area contributed by atoms with E-state index in [1.54, 1.807) is 24.6 Å². The maximum atomic E-state index is 13.0. The highest BCUT2D eigenvalue weighted by molar-refractivity contribution is 6.32. The Morgan fingerprint density at radius 3 is 2.47 bits per heavy atom. The molecule has 0 amide bonds. The monoisotopic (exact) mass is 449 g/mol. The molecule has 0 saturated heterocycles. The molecule has 3 aromatic heterocycles. The van der Waals surface area contributed by atoms with E-state index in [9.17, 15) is 9.59 Å². The lowest BCUT2D eigenvalue weighted by Crippen LogP contribution is -2.37. The first-order chi connectivity index (χ1) is 15.4. The molecule has 9 heteroatoms. The normalized spacial score (nSPS) is 11.5. The van der Waals surface area contributed by atoms with Crippen molar-refractivity contribution in [2.45, 2.75) is 6.54 Å². The van der Waals surface area contributed by atoms with Gasteiger partial charge in [0.05, 0.1) is 24.4 Å². The summed E-state index contributed by atoms with van der Waals surface area (Å²) >= 11 is 6.40. The Morgan fingerprint density at radius 1 is 1.03 bits per heavy atom. The summed E-state index contributed by atoms with van der Waals surface area (Å²) in [6.07, 6.45) is 1.86. The molecule has 3 heterocycles. The van der Waals surface area contributed by atoms with Gasteiger partial charge in [0.1, 0.15) is 5.75 Å². The van der Waals surface area contributed by atoms with E-state index in [1.165, 1.54) is 11.6 Å². The molecular weight excluding hydrogens is 430 g/mol. The highest BCUT2D eigenvalue weighted by Gasteiger charge is 2.21. The minimum absolute atomic E-state index is 0.342. The molecule has 0 aliphatic carbocycles. The molecule has 0 N–H and O–H groups in total. The first-order valence-electron chi connectivity index (χ1n) is 9.96. The van der Waals surface area contributed by atoms with Crippen LogP contribution in [-0.4, -0.2) is 30.2 Å². The van der Waals surface area contributed by atoms with Crippen molar-refractivity contribution >= 4 is 28.5 Å². The summed E-state index contributed by atoms with van der Waals surface area (Å²) in [7, 11) is 4.65. The summed E-state index contributed by atoms with van der Waals surface area (Å²) in [4.78, 5) is 30.1. The third-order valence-electron chi connectivity index (χ3n) is 5.69. The predicted octanol–water partition coefficient (Wildman–Crippen LogP) is 3.06. The average molecular weight is 450 g/mol. The topological polar surface area (TPSA) is 75.5 Å². The Labute approximate surface area is 187 Å². The second kappa shape index (κ2) is 7.42. The van der Waals surface area contributed by atoms with E-state index in [2.05, 4.69) is 0 Å². The smallest absolute Gasteiger partial charge is 0.332 e. The number of ether oxygens (including phenoxy) is 1. The van der Waals surface area contributed by atoms with Crippen molar-refractivity contribution in [3.05, 3.63) is 86.2 Å². The average Bonchev–Trinajstić information content (AvgIpc) is 3.34. The first kappa shape index (κ1) is 20.1. The molecule has 0 aliphatic rings. The molecule has 0 saturated carbocycles. The van der Waals surface area contributed by atoms with Gasteiger partial charge >= 0.3 is 5.69 Å². The summed E-state index contributed by atoms with van der Waals surface area (Å²) in [5, 5.41) is 0.485. The number of benzene rings is 2. The summed E-state index contributed by atoms with van der Waals surface area (Å²) in [6, 6.07) is 15.5. The van der Waals surface area contributed by atoms with Gasteiger partial charge in [-0.25, -0.2) is 4.79 Å². The van der Waals surface area contributed by atoms with Crippen LogP contribution in [0.3, 0.4) is 0 Å². The highest BCUT2D eigenvalue weighted by Crippen LogP contribution is 2.32. The third-order valence-corrected chi connectivity index (χ3v) is 5.98. The van der Waals surface area contributed by atoms with Gasteiger partial charge in [-0.05, 0) is 23.8 Å². The number of imidazole rings is 2. The molecule has 162 valence electrons. The van der Waals surface area contributed by atoms with Crippen molar-refractivity contribution in [1.82, 2.24) is 23.1 Å². The molecule has 5 aromatic rings. The quantitative estimate of drug-likeness (QED) is 0.422. The minimum atomic E-state index is -0.417. The van der Waals surface area contributed by atoms with E-state index in [-0.39, 0.29) is 0 Å². The Morgan fingerprint density at radius 2 is 1.78 bits per heavy atom. The van der Waals surface area contributed by atoms with Crippen LogP contribution in [0.15, 0.2) is 64.3 Å². The van der Waals surface area contributed by atoms with Crippen LogP contribution < -0.4 is 16.0 Å². The second-order valence-electron chi connectivity index (χ2n) is 7.60. The lowest BCUT2D eigenvalue weighted by molar-refractivity contribution is 0.415. The van der Waals surface area contributed by atoms with Gasteiger partial charge in [-0.1, -0.05) is 41.9 Å². The van der Waals surface area contributed by atoms with E-state index < -0.39 is 11.2 Å². The number of aryl methyl sites for hydroxylation is 1. The van der Waals surface area contributed by atoms with Gasteiger partial charge < -0.3 is 9.30 Å². The zero-order chi connectivity index (χ0) is 22.6. The van der Waals surface area contributed by atoms with Crippen molar-refractivity contribution in [2.24, 2.45) is 14.1 Å². The van der Waals surface area contributed by atoms with Gasteiger partial charge in [0, 0.05) is 25.9 Å². The number of rotatable bonds is 4. The number of fused-ring (bicyclic) bond motifs is 3. The SMILES string of the molecule is COc1ccc(-c2cn3c4c(=O)n(C)c(=O)n(C)c4nc3n2Cc2ccccc2)cc1Cl. The molecule has 32 heavy (non-hydrogen) atoms. The van der Waals surface area contributed by atoms with Gasteiger partial charge in [-0.3, -0.25) is 18.3 Å². The van der Waals surface area contributed by atoms with Crippen molar-refractivity contribution in [2.75, 3.05) is 7.11 Å². The number of hydrogen-bond donors (Lipinski definition) is 0. The summed E-state index contributed by atoms with van der Waals surface area (Å²) in [6.45, 7) is 0.522. The van der Waals surface area contributed by atoms with Crippen molar-refractivity contribution in [1.29, 1.82) is 0 Å². The fourth-order valence-corrected chi connectivity index (χ4v) is 4.25. The first-order valence-corrected chi connectivity index (χ1v) is 10.3. The highest BCUT2D eigenvalue weighted by atomic mass is 35.5. The van der Waals surface area contributed by atoms with Crippen LogP contribution in [0.1, 0.15) is 5.56 Å². The number of hydrogen-bond acceptors (Lipinski definition) is 4. The molecule has 0 atom stereocenters. The van der Waals surface area contributed by atoms with E-state index in [0.717, 1.165) is 21.4 Å². The third kappa shape index (κ3) is 2.95. The summed E-state index contributed by atoms with van der Waals surface area (Å²) in [5.74, 6) is 1.14. The van der Waals surface area contributed by atoms with E-state index >= 15 is 0 Å². The number of methoxy groups -OCH3 is 1. The zero-order valence-corrected chi connectivity index (χ0v) is 18.5. The lowest BCUT2D eigenvalue weighted by atomic mass is 10.1. The van der Waals surface area contributed by atoms with Crippen LogP contribution in [0, 0.1) is 0 Å². The molecule has 0 spiro atoms. The number of nitrogens with zero attached hydrogens (tertiary/aromatic N) is 5. The van der Waals surface area contributed by atoms with Crippen molar-refractivity contribution < 1.29 is 4.74 Å². The lowest BCUT2D eigenvalue weighted by Gasteiger charge is -2.11. The maximum absolute atomic E-state index is 13.0. The van der Waals surface area contributed by atoms with Gasteiger partial charge in [-0.2, -0.15) is 4.98 Å². The number of aromatic nitrogens is 5. The Hall–Kier alpha value is -3.78. The van der Waals surface area contributed by atoms with E-state index in [0.29, 0.717) is 34.3 Å². The summed E-state index contributed by atoms with van der Waals surface area (Å²) < 4.78 is 11.5.